The zero-order valence-electron chi connectivity index (χ0n) is 15.3. The van der Waals surface area contributed by atoms with E-state index in [0.717, 1.165) is 64.1 Å². The van der Waals surface area contributed by atoms with Crippen molar-refractivity contribution < 1.29 is 18.9 Å². The minimum Gasteiger partial charge on any atom is -0.497 e. The number of morpholine rings is 2. The lowest BCUT2D eigenvalue weighted by atomic mass is 10.3. The number of nitrogens with zero attached hydrogens (tertiary/aromatic N) is 2. The second-order valence-electron chi connectivity index (χ2n) is 6.08. The van der Waals surface area contributed by atoms with E-state index in [9.17, 15) is 0 Å². The summed E-state index contributed by atoms with van der Waals surface area (Å²) in [6, 6.07) is 6.21. The van der Waals surface area contributed by atoms with Gasteiger partial charge in [0.05, 0.1) is 73.5 Å². The lowest BCUT2D eigenvalue weighted by Gasteiger charge is -2.43. The van der Waals surface area contributed by atoms with Gasteiger partial charge in [0.25, 0.3) is 0 Å². The number of hydrogen-bond acceptors (Lipinski definition) is 6. The van der Waals surface area contributed by atoms with Crippen LogP contribution in [0.1, 0.15) is 0 Å². The predicted molar refractivity (Wildman–Crippen MR) is 112 cm³/mol. The number of benzene rings is 1. The molecule has 6 nitrogen and oxygen atoms in total. The van der Waals surface area contributed by atoms with Crippen molar-refractivity contribution in [3.8, 4) is 11.5 Å². The first-order chi connectivity index (χ1) is 11.7. The SMILES string of the molecule is COc1ccc([P+](C)(N2CCOCC2)N2CCOCC2)c(OC)c1.I. The minimum absolute atomic E-state index is 0. The van der Waals surface area contributed by atoms with Gasteiger partial charge in [0.15, 0.2) is 18.6 Å². The highest BCUT2D eigenvalue weighted by molar-refractivity contribution is 14.0. The predicted octanol–water partition coefficient (Wildman–Crippen LogP) is 2.09. The van der Waals surface area contributed by atoms with Crippen LogP contribution in [0.4, 0.5) is 0 Å². The van der Waals surface area contributed by atoms with E-state index in [1.165, 1.54) is 5.30 Å². The van der Waals surface area contributed by atoms with Gasteiger partial charge in [-0.2, -0.15) is 9.34 Å². The molecule has 3 rings (SSSR count). The van der Waals surface area contributed by atoms with Crippen molar-refractivity contribution in [1.29, 1.82) is 0 Å². The Morgan fingerprint density at radius 1 is 0.880 bits per heavy atom. The molecule has 2 aliphatic rings. The van der Waals surface area contributed by atoms with Gasteiger partial charge in [-0.25, -0.2) is 0 Å². The van der Waals surface area contributed by atoms with Gasteiger partial charge in [-0.15, -0.1) is 24.0 Å². The molecule has 0 unspecified atom stereocenters. The van der Waals surface area contributed by atoms with Crippen LogP contribution in [0.3, 0.4) is 0 Å². The van der Waals surface area contributed by atoms with Gasteiger partial charge in [-0.1, -0.05) is 0 Å². The Morgan fingerprint density at radius 3 is 1.84 bits per heavy atom. The fourth-order valence-electron chi connectivity index (χ4n) is 3.50. The Kier molecular flexibility index (Phi) is 8.17. The molecule has 1 aromatic carbocycles. The maximum atomic E-state index is 5.75. The Morgan fingerprint density at radius 2 is 1.40 bits per heavy atom. The first kappa shape index (κ1) is 21.1. The van der Waals surface area contributed by atoms with E-state index in [1.807, 2.05) is 12.1 Å². The molecule has 0 spiro atoms. The topological polar surface area (TPSA) is 43.4 Å². The molecule has 8 heteroatoms. The molecule has 0 atom stereocenters. The molecule has 2 fully saturated rings. The van der Waals surface area contributed by atoms with E-state index in [1.54, 1.807) is 14.2 Å². The normalized spacial score (nSPS) is 20.0. The molecule has 0 aliphatic carbocycles. The van der Waals surface area contributed by atoms with Crippen LogP contribution in [-0.2, 0) is 9.47 Å². The molecule has 0 saturated carbocycles. The van der Waals surface area contributed by atoms with Crippen LogP contribution in [0.5, 0.6) is 11.5 Å². The van der Waals surface area contributed by atoms with E-state index >= 15 is 0 Å². The molecule has 0 aromatic heterocycles. The lowest BCUT2D eigenvalue weighted by molar-refractivity contribution is 0.0569. The third-order valence-electron chi connectivity index (χ3n) is 4.92. The third-order valence-corrected chi connectivity index (χ3v) is 9.20. The summed E-state index contributed by atoms with van der Waals surface area (Å²) in [6.45, 7) is 9.38. The maximum absolute atomic E-state index is 5.75. The van der Waals surface area contributed by atoms with E-state index in [0.29, 0.717) is 0 Å². The summed E-state index contributed by atoms with van der Waals surface area (Å²) in [5.41, 5.74) is 0. The van der Waals surface area contributed by atoms with Crippen LogP contribution in [-0.4, -0.2) is 82.8 Å². The molecule has 0 amide bonds. The summed E-state index contributed by atoms with van der Waals surface area (Å²) in [6.07, 6.45) is 0. The van der Waals surface area contributed by atoms with Crippen LogP contribution in [0.25, 0.3) is 0 Å². The highest BCUT2D eigenvalue weighted by Crippen LogP contribution is 2.62. The van der Waals surface area contributed by atoms with Gasteiger partial charge in [0, 0.05) is 6.07 Å². The Labute approximate surface area is 168 Å². The molecule has 0 N–H and O–H groups in total. The highest BCUT2D eigenvalue weighted by atomic mass is 127. The second kappa shape index (κ2) is 9.67. The molecule has 25 heavy (non-hydrogen) atoms. The summed E-state index contributed by atoms with van der Waals surface area (Å²) in [4.78, 5) is 0. The van der Waals surface area contributed by atoms with Gasteiger partial charge in [0.2, 0.25) is 0 Å². The number of ether oxygens (including phenoxy) is 4. The molecular weight excluding hydrogens is 454 g/mol. The summed E-state index contributed by atoms with van der Waals surface area (Å²) in [7, 11) is 1.69. The zero-order valence-corrected chi connectivity index (χ0v) is 18.5. The smallest absolute Gasteiger partial charge is 0.187 e. The van der Waals surface area contributed by atoms with Crippen molar-refractivity contribution in [2.24, 2.45) is 0 Å². The van der Waals surface area contributed by atoms with Gasteiger partial charge in [-0.3, -0.25) is 0 Å². The summed E-state index contributed by atoms with van der Waals surface area (Å²) >= 11 is 0. The van der Waals surface area contributed by atoms with Crippen molar-refractivity contribution in [1.82, 2.24) is 9.34 Å². The molecule has 2 heterocycles. The summed E-state index contributed by atoms with van der Waals surface area (Å²) in [5.74, 6) is 1.73. The standard InChI is InChI=1S/C17H28N2O4P.HI/c1-20-15-4-5-17(16(14-15)21-2)24(3,18-6-10-22-11-7-18)19-8-12-23-13-9-19;/h4-5,14H,6-13H2,1-3H3;1H/q+1;. The Bertz CT molecular complexity index is 533. The first-order valence-corrected chi connectivity index (χ1v) is 10.6. The van der Waals surface area contributed by atoms with E-state index in [4.69, 9.17) is 18.9 Å². The second-order valence-corrected chi connectivity index (χ2v) is 9.52. The first-order valence-electron chi connectivity index (χ1n) is 8.45. The van der Waals surface area contributed by atoms with Crippen LogP contribution in [0.2, 0.25) is 0 Å². The van der Waals surface area contributed by atoms with Gasteiger partial charge in [-0.05, 0) is 12.1 Å². The van der Waals surface area contributed by atoms with Gasteiger partial charge >= 0.3 is 0 Å². The number of halogens is 1. The average Bonchev–Trinajstić information content (AvgIpc) is 2.68. The monoisotopic (exact) mass is 483 g/mol. The Balaban J connectivity index is 0.00000225. The number of hydrogen-bond donors (Lipinski definition) is 0. The van der Waals surface area contributed by atoms with Crippen LogP contribution >= 0.6 is 31.5 Å². The van der Waals surface area contributed by atoms with Gasteiger partial charge < -0.3 is 18.9 Å². The molecule has 1 aromatic rings. The zero-order chi connectivity index (χ0) is 17.0. The summed E-state index contributed by atoms with van der Waals surface area (Å²) in [5, 5.41) is 1.27. The lowest BCUT2D eigenvalue weighted by Crippen LogP contribution is -2.49. The van der Waals surface area contributed by atoms with E-state index in [2.05, 4.69) is 22.1 Å². The number of methoxy groups -OCH3 is 2. The average molecular weight is 483 g/mol. The highest BCUT2D eigenvalue weighted by Gasteiger charge is 2.51. The molecule has 2 saturated heterocycles. The fraction of sp³-hybridized carbons (Fsp3) is 0.647. The fourth-order valence-corrected chi connectivity index (χ4v) is 7.29. The van der Waals surface area contributed by atoms with Crippen molar-refractivity contribution in [2.45, 2.75) is 0 Å². The van der Waals surface area contributed by atoms with Gasteiger partial charge in [0.1, 0.15) is 5.75 Å². The molecule has 2 aliphatic heterocycles. The molecule has 0 bridgehead atoms. The maximum Gasteiger partial charge on any atom is 0.187 e. The molecular formula is C17H29IN2O4P+. The van der Waals surface area contributed by atoms with Crippen LogP contribution in [0.15, 0.2) is 18.2 Å². The van der Waals surface area contributed by atoms with E-state index < -0.39 is 7.56 Å². The Hall–Kier alpha value is -0.180. The molecule has 142 valence electrons. The largest absolute Gasteiger partial charge is 0.497 e. The third kappa shape index (κ3) is 4.39. The van der Waals surface area contributed by atoms with Crippen LogP contribution < -0.4 is 14.8 Å². The van der Waals surface area contributed by atoms with Crippen LogP contribution in [0, 0.1) is 0 Å². The van der Waals surface area contributed by atoms with E-state index in [-0.39, 0.29) is 24.0 Å². The van der Waals surface area contributed by atoms with Crippen molar-refractivity contribution in [3.63, 3.8) is 0 Å². The quantitative estimate of drug-likeness (QED) is 0.473. The minimum atomic E-state index is -1.73. The molecule has 0 radical (unpaired) electrons. The van der Waals surface area contributed by atoms with Crippen molar-refractivity contribution in [3.05, 3.63) is 18.2 Å². The number of rotatable bonds is 5. The van der Waals surface area contributed by atoms with Crippen molar-refractivity contribution >= 4 is 36.8 Å². The summed E-state index contributed by atoms with van der Waals surface area (Å²) < 4.78 is 27.5. The van der Waals surface area contributed by atoms with Crippen molar-refractivity contribution in [2.75, 3.05) is 73.5 Å².